The molecule has 0 bridgehead atoms. The highest BCUT2D eigenvalue weighted by molar-refractivity contribution is 5.69. The molecule has 1 aromatic heterocycles. The van der Waals surface area contributed by atoms with Crippen LogP contribution in [0.15, 0.2) is 0 Å². The molecule has 0 spiro atoms. The monoisotopic (exact) mass is 136 g/mol. The smallest absolute Gasteiger partial charge is 0.185 e. The third kappa shape index (κ3) is 0.667. The molecule has 0 atom stereocenters. The zero-order valence-corrected chi connectivity index (χ0v) is 5.55. The van der Waals surface area contributed by atoms with Crippen LogP contribution in [0.5, 0.6) is 0 Å². The number of fused-ring (bicyclic) bond motifs is 1. The molecule has 1 aliphatic rings. The molecule has 2 rings (SSSR count). The lowest BCUT2D eigenvalue weighted by atomic mass is 10.4. The highest BCUT2D eigenvalue weighted by Crippen LogP contribution is 2.17. The normalized spacial score (nSPS) is 15.2. The van der Waals surface area contributed by atoms with Gasteiger partial charge in [-0.05, 0) is 19.3 Å². The lowest BCUT2D eigenvalue weighted by molar-refractivity contribution is 0.111. The maximum atomic E-state index is 10.2. The van der Waals surface area contributed by atoms with E-state index >= 15 is 0 Å². The van der Waals surface area contributed by atoms with E-state index in [1.54, 1.807) is 0 Å². The number of imidazole rings is 1. The Labute approximate surface area is 58.5 Å². The minimum Gasteiger partial charge on any atom is -0.339 e. The van der Waals surface area contributed by atoms with E-state index < -0.39 is 0 Å². The van der Waals surface area contributed by atoms with Gasteiger partial charge in [0.05, 0.1) is 5.69 Å². The third-order valence-corrected chi connectivity index (χ3v) is 1.83. The molecule has 0 unspecified atom stereocenters. The lowest BCUT2D eigenvalue weighted by Crippen LogP contribution is -1.85. The fraction of sp³-hybridized carbons (Fsp3) is 0.429. The van der Waals surface area contributed by atoms with E-state index in [0.29, 0.717) is 5.82 Å². The number of aromatic nitrogens is 2. The van der Waals surface area contributed by atoms with E-state index in [2.05, 4.69) is 9.97 Å². The molecule has 52 valence electrons. The molecule has 0 fully saturated rings. The first-order valence-corrected chi connectivity index (χ1v) is 3.43. The highest BCUT2D eigenvalue weighted by atomic mass is 16.1. The predicted molar refractivity (Wildman–Crippen MR) is 36.0 cm³/mol. The Morgan fingerprint density at radius 3 is 3.10 bits per heavy atom. The number of carbonyl (C=O) groups excluding carboxylic acids is 1. The van der Waals surface area contributed by atoms with Crippen molar-refractivity contribution in [3.63, 3.8) is 0 Å². The van der Waals surface area contributed by atoms with E-state index in [1.807, 2.05) is 0 Å². The van der Waals surface area contributed by atoms with Crippen molar-refractivity contribution in [2.75, 3.05) is 0 Å². The van der Waals surface area contributed by atoms with Gasteiger partial charge in [0.1, 0.15) is 0 Å². The molecule has 1 aromatic rings. The van der Waals surface area contributed by atoms with Crippen LogP contribution in [-0.4, -0.2) is 16.3 Å². The molecule has 0 saturated carbocycles. The van der Waals surface area contributed by atoms with Crippen molar-refractivity contribution in [2.45, 2.75) is 19.3 Å². The number of carbonyl (C=O) groups is 1. The molecule has 0 aromatic carbocycles. The van der Waals surface area contributed by atoms with Gasteiger partial charge < -0.3 is 4.98 Å². The Morgan fingerprint density at radius 1 is 1.50 bits per heavy atom. The number of nitrogens with one attached hydrogen (secondary N) is 1. The Hall–Kier alpha value is -1.12. The van der Waals surface area contributed by atoms with Gasteiger partial charge in [-0.2, -0.15) is 0 Å². The van der Waals surface area contributed by atoms with E-state index in [-0.39, 0.29) is 0 Å². The van der Waals surface area contributed by atoms with Crippen molar-refractivity contribution in [2.24, 2.45) is 0 Å². The summed E-state index contributed by atoms with van der Waals surface area (Å²) in [5, 5.41) is 0. The van der Waals surface area contributed by atoms with Crippen molar-refractivity contribution in [1.82, 2.24) is 9.97 Å². The van der Waals surface area contributed by atoms with E-state index in [4.69, 9.17) is 0 Å². The molecule has 3 nitrogen and oxygen atoms in total. The summed E-state index contributed by atoms with van der Waals surface area (Å²) in [6.45, 7) is 0. The number of hydrogen-bond donors (Lipinski definition) is 1. The summed E-state index contributed by atoms with van der Waals surface area (Å²) >= 11 is 0. The topological polar surface area (TPSA) is 45.8 Å². The van der Waals surface area contributed by atoms with Gasteiger partial charge in [-0.25, -0.2) is 4.98 Å². The fourth-order valence-corrected chi connectivity index (χ4v) is 1.37. The predicted octanol–water partition coefficient (Wildman–Crippen LogP) is 0.711. The van der Waals surface area contributed by atoms with Gasteiger partial charge in [-0.1, -0.05) is 0 Å². The first kappa shape index (κ1) is 5.65. The van der Waals surface area contributed by atoms with Gasteiger partial charge in [0.25, 0.3) is 0 Å². The van der Waals surface area contributed by atoms with Gasteiger partial charge in [-0.3, -0.25) is 4.79 Å². The van der Waals surface area contributed by atoms with E-state index in [1.165, 1.54) is 6.42 Å². The van der Waals surface area contributed by atoms with Crippen LogP contribution in [0, 0.1) is 0 Å². The Bertz CT molecular complexity index is 243. The molecule has 0 aliphatic heterocycles. The van der Waals surface area contributed by atoms with Crippen LogP contribution < -0.4 is 0 Å². The average Bonchev–Trinajstić information content (AvgIpc) is 2.42. The number of H-pyrrole nitrogens is 1. The zero-order chi connectivity index (χ0) is 6.97. The standard InChI is InChI=1S/C7H8N2O/c10-4-7-8-5-2-1-3-6(5)9-7/h4H,1-3H2,(H,8,9). The van der Waals surface area contributed by atoms with Crippen molar-refractivity contribution < 1.29 is 4.79 Å². The maximum Gasteiger partial charge on any atom is 0.185 e. The van der Waals surface area contributed by atoms with Crippen molar-refractivity contribution in [1.29, 1.82) is 0 Å². The molecule has 1 heterocycles. The molecule has 0 radical (unpaired) electrons. The van der Waals surface area contributed by atoms with Crippen LogP contribution in [0.1, 0.15) is 28.4 Å². The summed E-state index contributed by atoms with van der Waals surface area (Å²) in [7, 11) is 0. The Balaban J connectivity index is 2.46. The quantitative estimate of drug-likeness (QED) is 0.578. The summed E-state index contributed by atoms with van der Waals surface area (Å²) < 4.78 is 0. The molecule has 10 heavy (non-hydrogen) atoms. The second-order valence-corrected chi connectivity index (χ2v) is 2.52. The summed E-state index contributed by atoms with van der Waals surface area (Å²) in [4.78, 5) is 17.3. The number of aromatic amines is 1. The largest absolute Gasteiger partial charge is 0.339 e. The van der Waals surface area contributed by atoms with Gasteiger partial charge in [0, 0.05) is 5.69 Å². The summed E-state index contributed by atoms with van der Waals surface area (Å²) in [6.07, 6.45) is 4.02. The summed E-state index contributed by atoms with van der Waals surface area (Å²) in [5.41, 5.74) is 2.24. The maximum absolute atomic E-state index is 10.2. The van der Waals surface area contributed by atoms with E-state index in [9.17, 15) is 4.79 Å². The molecular formula is C7H8N2O. The second-order valence-electron chi connectivity index (χ2n) is 2.52. The van der Waals surface area contributed by atoms with Crippen LogP contribution in [0.2, 0.25) is 0 Å². The first-order valence-electron chi connectivity index (χ1n) is 3.43. The molecular weight excluding hydrogens is 128 g/mol. The SMILES string of the molecule is O=Cc1nc2c([nH]1)CCC2. The lowest BCUT2D eigenvalue weighted by Gasteiger charge is -1.82. The number of aldehydes is 1. The van der Waals surface area contributed by atoms with Gasteiger partial charge >= 0.3 is 0 Å². The summed E-state index contributed by atoms with van der Waals surface area (Å²) in [6, 6.07) is 0. The number of nitrogens with zero attached hydrogens (tertiary/aromatic N) is 1. The van der Waals surface area contributed by atoms with Crippen LogP contribution in [0.25, 0.3) is 0 Å². The summed E-state index contributed by atoms with van der Waals surface area (Å²) in [5.74, 6) is 0.477. The van der Waals surface area contributed by atoms with Crippen LogP contribution >= 0.6 is 0 Å². The molecule has 1 aliphatic carbocycles. The number of rotatable bonds is 1. The van der Waals surface area contributed by atoms with E-state index in [0.717, 1.165) is 30.5 Å². The third-order valence-electron chi connectivity index (χ3n) is 1.83. The van der Waals surface area contributed by atoms with Crippen LogP contribution in [0.3, 0.4) is 0 Å². The van der Waals surface area contributed by atoms with Crippen LogP contribution in [0.4, 0.5) is 0 Å². The Kier molecular flexibility index (Phi) is 1.09. The minimum absolute atomic E-state index is 0.477. The highest BCUT2D eigenvalue weighted by Gasteiger charge is 2.14. The second kappa shape index (κ2) is 1.94. The Morgan fingerprint density at radius 2 is 2.40 bits per heavy atom. The minimum atomic E-state index is 0.477. The van der Waals surface area contributed by atoms with Gasteiger partial charge in [-0.15, -0.1) is 0 Å². The molecule has 0 saturated heterocycles. The van der Waals surface area contributed by atoms with Crippen molar-refractivity contribution >= 4 is 6.29 Å². The molecule has 3 heteroatoms. The fourth-order valence-electron chi connectivity index (χ4n) is 1.37. The number of aryl methyl sites for hydroxylation is 2. The van der Waals surface area contributed by atoms with Crippen molar-refractivity contribution in [3.05, 3.63) is 17.2 Å². The van der Waals surface area contributed by atoms with Gasteiger partial charge in [0.15, 0.2) is 12.1 Å². The number of hydrogen-bond acceptors (Lipinski definition) is 2. The molecule has 1 N–H and O–H groups in total. The first-order chi connectivity index (χ1) is 4.90. The zero-order valence-electron chi connectivity index (χ0n) is 5.55. The molecule has 0 amide bonds. The van der Waals surface area contributed by atoms with Crippen LogP contribution in [-0.2, 0) is 12.8 Å². The average molecular weight is 136 g/mol. The van der Waals surface area contributed by atoms with Gasteiger partial charge in [0.2, 0.25) is 0 Å². The van der Waals surface area contributed by atoms with Crippen molar-refractivity contribution in [3.8, 4) is 0 Å².